The van der Waals surface area contributed by atoms with Gasteiger partial charge in [-0.1, -0.05) is 0 Å². The van der Waals surface area contributed by atoms with Gasteiger partial charge in [0, 0.05) is 31.7 Å². The van der Waals surface area contributed by atoms with Crippen LogP contribution in [0.2, 0.25) is 0 Å². The van der Waals surface area contributed by atoms with E-state index in [0.29, 0.717) is 0 Å². The summed E-state index contributed by atoms with van der Waals surface area (Å²) in [7, 11) is 2.06. The quantitative estimate of drug-likeness (QED) is 0.567. The molecule has 0 aromatic carbocycles. The molecule has 1 heterocycles. The van der Waals surface area contributed by atoms with E-state index in [4.69, 9.17) is 0 Å². The standard InChI is InChI=1S/C6H12N2S/c1-7-2-3-8(6-7)4-5-9/h2-3,9H,4-6H2,1H3. The molecule has 52 valence electrons. The van der Waals surface area contributed by atoms with Gasteiger partial charge in [0.05, 0.1) is 6.67 Å². The minimum atomic E-state index is 0.929. The van der Waals surface area contributed by atoms with Gasteiger partial charge in [-0.2, -0.15) is 12.6 Å². The minimum absolute atomic E-state index is 0.929. The number of hydrogen-bond acceptors (Lipinski definition) is 3. The lowest BCUT2D eigenvalue weighted by Crippen LogP contribution is -2.23. The molecule has 1 aliphatic rings. The fraction of sp³-hybridized carbons (Fsp3) is 0.667. The van der Waals surface area contributed by atoms with Crippen LogP contribution in [0.15, 0.2) is 12.4 Å². The van der Waals surface area contributed by atoms with Crippen molar-refractivity contribution in [3.05, 3.63) is 12.4 Å². The molecule has 0 N–H and O–H groups in total. The van der Waals surface area contributed by atoms with E-state index in [9.17, 15) is 0 Å². The Morgan fingerprint density at radius 2 is 2.33 bits per heavy atom. The van der Waals surface area contributed by atoms with Gasteiger partial charge in [-0.3, -0.25) is 0 Å². The highest BCUT2D eigenvalue weighted by Gasteiger charge is 2.05. The maximum absolute atomic E-state index is 4.13. The van der Waals surface area contributed by atoms with Gasteiger partial charge in [-0.05, 0) is 0 Å². The Balaban J connectivity index is 2.24. The third-order valence-corrected chi connectivity index (χ3v) is 1.52. The van der Waals surface area contributed by atoms with E-state index in [1.807, 2.05) is 0 Å². The van der Waals surface area contributed by atoms with Gasteiger partial charge in [0.25, 0.3) is 0 Å². The van der Waals surface area contributed by atoms with Crippen LogP contribution >= 0.6 is 12.6 Å². The van der Waals surface area contributed by atoms with Crippen LogP contribution in [0.25, 0.3) is 0 Å². The molecule has 0 spiro atoms. The molecule has 0 atom stereocenters. The Hall–Kier alpha value is -0.310. The monoisotopic (exact) mass is 144 g/mol. The smallest absolute Gasteiger partial charge is 0.0891 e. The van der Waals surface area contributed by atoms with Gasteiger partial charge in [0.15, 0.2) is 0 Å². The zero-order chi connectivity index (χ0) is 6.69. The first kappa shape index (κ1) is 6.81. The molecule has 1 rings (SSSR count). The number of nitrogens with zero attached hydrogens (tertiary/aromatic N) is 2. The average Bonchev–Trinajstić information content (AvgIpc) is 2.17. The van der Waals surface area contributed by atoms with Crippen LogP contribution in [0.3, 0.4) is 0 Å². The molecule has 1 aliphatic heterocycles. The molecule has 0 aromatic heterocycles. The van der Waals surface area contributed by atoms with Crippen molar-refractivity contribution >= 4 is 12.6 Å². The van der Waals surface area contributed by atoms with Gasteiger partial charge >= 0.3 is 0 Å². The fourth-order valence-corrected chi connectivity index (χ4v) is 1.12. The largest absolute Gasteiger partial charge is 0.362 e. The van der Waals surface area contributed by atoms with Crippen molar-refractivity contribution in [2.24, 2.45) is 0 Å². The van der Waals surface area contributed by atoms with E-state index in [2.05, 4.69) is 41.9 Å². The first-order chi connectivity index (χ1) is 4.33. The third-order valence-electron chi connectivity index (χ3n) is 1.32. The molecule has 0 saturated carbocycles. The van der Waals surface area contributed by atoms with Crippen LogP contribution in [0.4, 0.5) is 0 Å². The average molecular weight is 144 g/mol. The number of thiol groups is 1. The van der Waals surface area contributed by atoms with Gasteiger partial charge in [0.1, 0.15) is 0 Å². The van der Waals surface area contributed by atoms with E-state index in [1.54, 1.807) is 0 Å². The summed E-state index contributed by atoms with van der Waals surface area (Å²) in [5.41, 5.74) is 0. The Kier molecular flexibility index (Phi) is 2.28. The molecule has 0 aliphatic carbocycles. The second kappa shape index (κ2) is 3.01. The second-order valence-electron chi connectivity index (χ2n) is 2.23. The molecule has 0 unspecified atom stereocenters. The summed E-state index contributed by atoms with van der Waals surface area (Å²) < 4.78 is 0. The zero-order valence-corrected chi connectivity index (χ0v) is 6.51. The van der Waals surface area contributed by atoms with E-state index in [1.165, 1.54) is 0 Å². The molecule has 0 fully saturated rings. The van der Waals surface area contributed by atoms with Crippen molar-refractivity contribution in [2.75, 3.05) is 26.0 Å². The van der Waals surface area contributed by atoms with Crippen LogP contribution in [0.1, 0.15) is 0 Å². The molecule has 0 aromatic rings. The van der Waals surface area contributed by atoms with Gasteiger partial charge < -0.3 is 9.80 Å². The maximum atomic E-state index is 4.13. The topological polar surface area (TPSA) is 6.48 Å². The van der Waals surface area contributed by atoms with Crippen molar-refractivity contribution in [2.45, 2.75) is 0 Å². The Morgan fingerprint density at radius 3 is 2.78 bits per heavy atom. The molecule has 0 bridgehead atoms. The van der Waals surface area contributed by atoms with Crippen molar-refractivity contribution < 1.29 is 0 Å². The Labute approximate surface area is 61.5 Å². The lowest BCUT2D eigenvalue weighted by Gasteiger charge is -2.16. The molecule has 0 radical (unpaired) electrons. The van der Waals surface area contributed by atoms with Crippen molar-refractivity contribution in [3.8, 4) is 0 Å². The summed E-state index contributed by atoms with van der Waals surface area (Å²) in [6.07, 6.45) is 4.17. The summed E-state index contributed by atoms with van der Waals surface area (Å²) >= 11 is 4.13. The number of hydrogen-bond donors (Lipinski definition) is 1. The number of rotatable bonds is 2. The van der Waals surface area contributed by atoms with Crippen LogP contribution in [0, 0.1) is 0 Å². The molecule has 3 heteroatoms. The molecule has 9 heavy (non-hydrogen) atoms. The third kappa shape index (κ3) is 1.82. The summed E-state index contributed by atoms with van der Waals surface area (Å²) in [6.45, 7) is 2.06. The maximum Gasteiger partial charge on any atom is 0.0891 e. The first-order valence-electron chi connectivity index (χ1n) is 3.06. The van der Waals surface area contributed by atoms with Gasteiger partial charge in [-0.15, -0.1) is 0 Å². The van der Waals surface area contributed by atoms with E-state index < -0.39 is 0 Å². The molecule has 0 amide bonds. The molecular weight excluding hydrogens is 132 g/mol. The van der Waals surface area contributed by atoms with Gasteiger partial charge in [0.2, 0.25) is 0 Å². The SMILES string of the molecule is CN1C=CN(CCS)C1. The highest BCUT2D eigenvalue weighted by Crippen LogP contribution is 2.02. The summed E-state index contributed by atoms with van der Waals surface area (Å²) in [4.78, 5) is 4.37. The minimum Gasteiger partial charge on any atom is -0.362 e. The summed E-state index contributed by atoms with van der Waals surface area (Å²) in [5, 5.41) is 0. The van der Waals surface area contributed by atoms with E-state index >= 15 is 0 Å². The van der Waals surface area contributed by atoms with Crippen molar-refractivity contribution in [1.82, 2.24) is 9.80 Å². The summed E-state index contributed by atoms with van der Waals surface area (Å²) in [5.74, 6) is 0.929. The lowest BCUT2D eigenvalue weighted by atomic mass is 10.6. The second-order valence-corrected chi connectivity index (χ2v) is 2.68. The first-order valence-corrected chi connectivity index (χ1v) is 3.69. The highest BCUT2D eigenvalue weighted by molar-refractivity contribution is 7.80. The van der Waals surface area contributed by atoms with Crippen LogP contribution in [-0.2, 0) is 0 Å². The molecule has 0 saturated heterocycles. The van der Waals surface area contributed by atoms with E-state index in [0.717, 1.165) is 19.0 Å². The normalized spacial score (nSPS) is 17.6. The van der Waals surface area contributed by atoms with Crippen LogP contribution < -0.4 is 0 Å². The Morgan fingerprint density at radius 1 is 1.56 bits per heavy atom. The van der Waals surface area contributed by atoms with Crippen LogP contribution in [0.5, 0.6) is 0 Å². The predicted octanol–water partition coefficient (Wildman–Crippen LogP) is 0.592. The molecule has 2 nitrogen and oxygen atoms in total. The Bertz CT molecular complexity index is 114. The highest BCUT2D eigenvalue weighted by atomic mass is 32.1. The molecular formula is C6H12N2S. The summed E-state index contributed by atoms with van der Waals surface area (Å²) in [6, 6.07) is 0. The fourth-order valence-electron chi connectivity index (χ4n) is 0.863. The van der Waals surface area contributed by atoms with Gasteiger partial charge in [-0.25, -0.2) is 0 Å². The predicted molar refractivity (Wildman–Crippen MR) is 42.3 cm³/mol. The van der Waals surface area contributed by atoms with Crippen LogP contribution in [-0.4, -0.2) is 35.8 Å². The van der Waals surface area contributed by atoms with Crippen molar-refractivity contribution in [1.29, 1.82) is 0 Å². The zero-order valence-electron chi connectivity index (χ0n) is 5.62. The van der Waals surface area contributed by atoms with Crippen molar-refractivity contribution in [3.63, 3.8) is 0 Å². The lowest BCUT2D eigenvalue weighted by molar-refractivity contribution is 0.310. The van der Waals surface area contributed by atoms with E-state index in [-0.39, 0.29) is 0 Å².